The number of nitrogens with two attached hydrogens (primary N) is 1. The van der Waals surface area contributed by atoms with E-state index in [2.05, 4.69) is 0 Å². The maximum atomic E-state index is 13.7. The summed E-state index contributed by atoms with van der Waals surface area (Å²) in [5.41, 5.74) is 5.73. The number of ether oxygens (including phenoxy) is 1. The summed E-state index contributed by atoms with van der Waals surface area (Å²) in [4.78, 5) is -0.0865. The first-order chi connectivity index (χ1) is 9.25. The van der Waals surface area contributed by atoms with Crippen molar-refractivity contribution in [1.82, 2.24) is 4.31 Å². The van der Waals surface area contributed by atoms with E-state index in [9.17, 15) is 12.8 Å². The normalized spacial score (nSPS) is 23.4. The molecule has 20 heavy (non-hydrogen) atoms. The molecule has 0 bridgehead atoms. The number of nitrogens with zero attached hydrogens (tertiary/aromatic N) is 1. The van der Waals surface area contributed by atoms with E-state index in [-0.39, 0.29) is 28.3 Å². The predicted octanol–water partition coefficient (Wildman–Crippen LogP) is 1.51. The van der Waals surface area contributed by atoms with E-state index in [0.717, 1.165) is 6.07 Å². The molecule has 2 unspecified atom stereocenters. The summed E-state index contributed by atoms with van der Waals surface area (Å²) < 4.78 is 45.6. The number of hydrogen-bond acceptors (Lipinski definition) is 4. The van der Waals surface area contributed by atoms with Gasteiger partial charge in [0.05, 0.1) is 17.0 Å². The van der Waals surface area contributed by atoms with Crippen molar-refractivity contribution in [2.24, 2.45) is 0 Å². The van der Waals surface area contributed by atoms with Gasteiger partial charge in [0.2, 0.25) is 10.0 Å². The van der Waals surface area contributed by atoms with Crippen LogP contribution in [0.3, 0.4) is 0 Å². The molecule has 1 aliphatic heterocycles. The topological polar surface area (TPSA) is 72.6 Å². The van der Waals surface area contributed by atoms with Crippen LogP contribution >= 0.6 is 0 Å². The maximum Gasteiger partial charge on any atom is 0.243 e. The number of nitrogen functional groups attached to an aromatic ring is 1. The minimum atomic E-state index is -3.80. The summed E-state index contributed by atoms with van der Waals surface area (Å²) in [5, 5.41) is 0. The number of anilines is 1. The molecule has 1 heterocycles. The summed E-state index contributed by atoms with van der Waals surface area (Å²) >= 11 is 0. The zero-order chi connectivity index (χ0) is 15.1. The molecule has 112 valence electrons. The average molecular weight is 302 g/mol. The van der Waals surface area contributed by atoms with Gasteiger partial charge >= 0.3 is 0 Å². The number of sulfonamides is 1. The van der Waals surface area contributed by atoms with E-state index in [1.165, 1.54) is 24.3 Å². The Balaban J connectivity index is 2.45. The molecule has 2 N–H and O–H groups in total. The zero-order valence-electron chi connectivity index (χ0n) is 11.8. The van der Waals surface area contributed by atoms with Gasteiger partial charge in [0.25, 0.3) is 0 Å². The molecule has 7 heteroatoms. The minimum Gasteiger partial charge on any atom is -0.399 e. The lowest BCUT2D eigenvalue weighted by Gasteiger charge is -2.26. The number of hydrogen-bond donors (Lipinski definition) is 1. The van der Waals surface area contributed by atoms with Crippen molar-refractivity contribution in [3.63, 3.8) is 0 Å². The van der Waals surface area contributed by atoms with Crippen LogP contribution in [0.15, 0.2) is 17.0 Å². The Kier molecular flexibility index (Phi) is 4.04. The summed E-state index contributed by atoms with van der Waals surface area (Å²) in [6, 6.07) is 2.17. The zero-order valence-corrected chi connectivity index (χ0v) is 12.6. The third-order valence-corrected chi connectivity index (χ3v) is 5.79. The van der Waals surface area contributed by atoms with Gasteiger partial charge in [0, 0.05) is 24.9 Å². The van der Waals surface area contributed by atoms with Gasteiger partial charge in [0.15, 0.2) is 0 Å². The van der Waals surface area contributed by atoms with E-state index in [1.807, 2.05) is 6.92 Å². The largest absolute Gasteiger partial charge is 0.399 e. The van der Waals surface area contributed by atoms with Crippen molar-refractivity contribution >= 4 is 15.7 Å². The SMILES string of the molecule is Cc1c(F)cc(N)cc1S(=O)(=O)N(C)C1CCOC1C. The van der Waals surface area contributed by atoms with Crippen LogP contribution in [0.4, 0.5) is 10.1 Å². The van der Waals surface area contributed by atoms with Crippen molar-refractivity contribution in [3.05, 3.63) is 23.5 Å². The Morgan fingerprint density at radius 2 is 2.10 bits per heavy atom. The first-order valence-electron chi connectivity index (χ1n) is 6.40. The number of likely N-dealkylation sites (N-methyl/N-ethyl adjacent to an activating group) is 1. The summed E-state index contributed by atoms with van der Waals surface area (Å²) in [6.07, 6.45) is 0.446. The molecule has 0 aliphatic carbocycles. The van der Waals surface area contributed by atoms with Crippen LogP contribution in [0, 0.1) is 12.7 Å². The molecule has 0 amide bonds. The maximum absolute atomic E-state index is 13.7. The van der Waals surface area contributed by atoms with Gasteiger partial charge in [-0.1, -0.05) is 0 Å². The Morgan fingerprint density at radius 1 is 1.45 bits per heavy atom. The van der Waals surface area contributed by atoms with Crippen LogP contribution < -0.4 is 5.73 Å². The number of halogens is 1. The Hall–Kier alpha value is -1.18. The van der Waals surface area contributed by atoms with E-state index in [1.54, 1.807) is 0 Å². The number of benzene rings is 1. The van der Waals surface area contributed by atoms with Crippen molar-refractivity contribution in [2.45, 2.75) is 37.3 Å². The van der Waals surface area contributed by atoms with Gasteiger partial charge in [0.1, 0.15) is 5.82 Å². The van der Waals surface area contributed by atoms with Crippen LogP contribution in [-0.4, -0.2) is 38.5 Å². The minimum absolute atomic E-state index is 0.0811. The molecule has 0 radical (unpaired) electrons. The second kappa shape index (κ2) is 5.31. The Morgan fingerprint density at radius 3 is 2.65 bits per heavy atom. The van der Waals surface area contributed by atoms with Crippen molar-refractivity contribution < 1.29 is 17.5 Å². The standard InChI is InChI=1S/C13H19FN2O3S/c1-8-11(14)6-10(15)7-13(8)20(17,18)16(3)12-4-5-19-9(12)2/h6-7,9,12H,4-5,15H2,1-3H3. The van der Waals surface area contributed by atoms with E-state index >= 15 is 0 Å². The second-order valence-electron chi connectivity index (χ2n) is 5.08. The lowest BCUT2D eigenvalue weighted by atomic mass is 10.2. The lowest BCUT2D eigenvalue weighted by molar-refractivity contribution is 0.102. The molecule has 1 aliphatic rings. The molecular weight excluding hydrogens is 283 g/mol. The quantitative estimate of drug-likeness (QED) is 0.859. The summed E-state index contributed by atoms with van der Waals surface area (Å²) in [7, 11) is -2.31. The monoisotopic (exact) mass is 302 g/mol. The Bertz CT molecular complexity index is 618. The van der Waals surface area contributed by atoms with Gasteiger partial charge in [-0.2, -0.15) is 4.31 Å². The van der Waals surface area contributed by atoms with Crippen LogP contribution in [0.25, 0.3) is 0 Å². The van der Waals surface area contributed by atoms with Crippen LogP contribution in [0.5, 0.6) is 0 Å². The first kappa shape index (κ1) is 15.2. The molecule has 5 nitrogen and oxygen atoms in total. The van der Waals surface area contributed by atoms with Crippen molar-refractivity contribution in [3.8, 4) is 0 Å². The highest BCUT2D eigenvalue weighted by Crippen LogP contribution is 2.28. The van der Waals surface area contributed by atoms with Crippen LogP contribution in [0.1, 0.15) is 18.9 Å². The molecule has 1 aromatic carbocycles. The summed E-state index contributed by atoms with van der Waals surface area (Å²) in [6.45, 7) is 3.79. The van der Waals surface area contributed by atoms with Crippen LogP contribution in [0.2, 0.25) is 0 Å². The highest BCUT2D eigenvalue weighted by atomic mass is 32.2. The molecule has 2 atom stereocenters. The molecule has 0 aromatic heterocycles. The average Bonchev–Trinajstić information content (AvgIpc) is 2.78. The smallest absolute Gasteiger partial charge is 0.243 e. The third-order valence-electron chi connectivity index (χ3n) is 3.78. The highest BCUT2D eigenvalue weighted by Gasteiger charge is 2.36. The van der Waals surface area contributed by atoms with E-state index < -0.39 is 15.8 Å². The van der Waals surface area contributed by atoms with E-state index in [0.29, 0.717) is 13.0 Å². The van der Waals surface area contributed by atoms with Gasteiger partial charge in [-0.05, 0) is 32.4 Å². The van der Waals surface area contributed by atoms with E-state index in [4.69, 9.17) is 10.5 Å². The molecule has 1 aromatic rings. The molecular formula is C13H19FN2O3S. The van der Waals surface area contributed by atoms with Gasteiger partial charge in [-0.3, -0.25) is 0 Å². The molecule has 0 spiro atoms. The molecule has 1 saturated heterocycles. The fraction of sp³-hybridized carbons (Fsp3) is 0.538. The molecule has 0 saturated carbocycles. The fourth-order valence-corrected chi connectivity index (χ4v) is 4.19. The highest BCUT2D eigenvalue weighted by molar-refractivity contribution is 7.89. The van der Waals surface area contributed by atoms with Gasteiger partial charge < -0.3 is 10.5 Å². The second-order valence-corrected chi connectivity index (χ2v) is 7.04. The predicted molar refractivity (Wildman–Crippen MR) is 74.3 cm³/mol. The van der Waals surface area contributed by atoms with Gasteiger partial charge in [-0.25, -0.2) is 12.8 Å². The van der Waals surface area contributed by atoms with Crippen molar-refractivity contribution in [2.75, 3.05) is 19.4 Å². The fourth-order valence-electron chi connectivity index (χ4n) is 2.47. The lowest BCUT2D eigenvalue weighted by Crippen LogP contribution is -2.41. The van der Waals surface area contributed by atoms with Crippen molar-refractivity contribution in [1.29, 1.82) is 0 Å². The summed E-state index contributed by atoms with van der Waals surface area (Å²) in [5.74, 6) is -0.618. The first-order valence-corrected chi connectivity index (χ1v) is 7.84. The molecule has 2 rings (SSSR count). The Labute approximate surface area is 118 Å². The molecule has 1 fully saturated rings. The third kappa shape index (κ3) is 2.53. The number of rotatable bonds is 3. The van der Waals surface area contributed by atoms with Crippen LogP contribution in [-0.2, 0) is 14.8 Å². The van der Waals surface area contributed by atoms with Gasteiger partial charge in [-0.15, -0.1) is 0 Å².